The van der Waals surface area contributed by atoms with Gasteiger partial charge in [-0.15, -0.1) is 0 Å². The van der Waals surface area contributed by atoms with Crippen molar-refractivity contribution in [3.63, 3.8) is 0 Å². The van der Waals surface area contributed by atoms with Crippen LogP contribution in [0, 0.1) is 12.7 Å². The molecule has 38 heavy (non-hydrogen) atoms. The van der Waals surface area contributed by atoms with E-state index in [0.717, 1.165) is 12.1 Å². The van der Waals surface area contributed by atoms with Crippen molar-refractivity contribution in [2.45, 2.75) is 26.4 Å². The average Bonchev–Trinajstić information content (AvgIpc) is 2.87. The number of methoxy groups -OCH3 is 1. The number of allylic oxidation sites excluding steroid dienone is 3. The molecule has 4 nitrogen and oxygen atoms in total. The summed E-state index contributed by atoms with van der Waals surface area (Å²) < 4.78 is 65.6. The van der Waals surface area contributed by atoms with Crippen molar-refractivity contribution in [1.29, 1.82) is 0 Å². The van der Waals surface area contributed by atoms with Crippen LogP contribution in [0.2, 0.25) is 0 Å². The van der Waals surface area contributed by atoms with E-state index in [4.69, 9.17) is 9.47 Å². The lowest BCUT2D eigenvalue weighted by Crippen LogP contribution is -2.08. The molecule has 0 amide bonds. The van der Waals surface area contributed by atoms with Crippen LogP contribution in [0.25, 0.3) is 22.3 Å². The molecule has 3 aromatic carbocycles. The zero-order chi connectivity index (χ0) is 27.9. The molecule has 1 N–H and O–H groups in total. The van der Waals surface area contributed by atoms with E-state index in [-0.39, 0.29) is 11.1 Å². The summed E-state index contributed by atoms with van der Waals surface area (Å²) in [5, 5.41) is 9.88. The fourth-order valence-electron chi connectivity index (χ4n) is 3.88. The van der Waals surface area contributed by atoms with E-state index in [9.17, 15) is 23.1 Å². The van der Waals surface area contributed by atoms with Crippen LogP contribution in [0.5, 0.6) is 5.75 Å². The fraction of sp³-hybridized carbons (Fsp3) is 0.233. The average molecular weight is 529 g/mol. The molecule has 0 bridgehead atoms. The lowest BCUT2D eigenvalue weighted by molar-refractivity contribution is -0.137. The van der Waals surface area contributed by atoms with Gasteiger partial charge in [0.1, 0.15) is 18.2 Å². The van der Waals surface area contributed by atoms with E-state index < -0.39 is 23.5 Å². The maximum atomic E-state index is 15.2. The minimum atomic E-state index is -4.62. The molecule has 8 heteroatoms. The molecule has 0 spiro atoms. The van der Waals surface area contributed by atoms with Gasteiger partial charge in [-0.25, -0.2) is 9.18 Å². The maximum Gasteiger partial charge on any atom is 0.416 e. The van der Waals surface area contributed by atoms with Gasteiger partial charge in [0.15, 0.2) is 0 Å². The first-order valence-corrected chi connectivity index (χ1v) is 11.9. The smallest absolute Gasteiger partial charge is 0.416 e. The predicted molar refractivity (Wildman–Crippen MR) is 139 cm³/mol. The van der Waals surface area contributed by atoms with Gasteiger partial charge in [0.2, 0.25) is 0 Å². The summed E-state index contributed by atoms with van der Waals surface area (Å²) in [5.41, 5.74) is 0.793. The quantitative estimate of drug-likeness (QED) is 0.126. The molecule has 0 aliphatic carbocycles. The second kappa shape index (κ2) is 12.6. The number of hydrogen-bond acceptors (Lipinski definition) is 3. The van der Waals surface area contributed by atoms with E-state index in [1.807, 2.05) is 6.92 Å². The van der Waals surface area contributed by atoms with Gasteiger partial charge >= 0.3 is 12.1 Å². The number of carboxylic acids is 1. The minimum absolute atomic E-state index is 0.0563. The number of ether oxygens (including phenoxy) is 2. The van der Waals surface area contributed by atoms with E-state index in [1.165, 1.54) is 25.1 Å². The standard InChI is InChI=1S/C30H28F4O4/c1-4-5-21(16-27(29(35)36)26-18-23(30(32,33)34)10-6-19(26)2)22-9-13-25(28(31)17-22)20-7-11-24(12-8-20)38-15-14-37-3/h5-13,16-18H,4,14-15H2,1-3H3,(H,35,36)/b21-5-,27-16+. The lowest BCUT2D eigenvalue weighted by atomic mass is 9.93. The van der Waals surface area contributed by atoms with Crippen LogP contribution in [0.3, 0.4) is 0 Å². The summed E-state index contributed by atoms with van der Waals surface area (Å²) in [4.78, 5) is 12.1. The van der Waals surface area contributed by atoms with Crippen LogP contribution in [0.15, 0.2) is 72.8 Å². The number of aliphatic carboxylic acids is 1. The third kappa shape index (κ3) is 7.10. The van der Waals surface area contributed by atoms with E-state index in [1.54, 1.807) is 49.6 Å². The van der Waals surface area contributed by atoms with Crippen molar-refractivity contribution in [2.75, 3.05) is 20.3 Å². The van der Waals surface area contributed by atoms with Crippen LogP contribution < -0.4 is 4.74 Å². The van der Waals surface area contributed by atoms with Gasteiger partial charge in [0, 0.05) is 12.7 Å². The highest BCUT2D eigenvalue weighted by Crippen LogP contribution is 2.34. The van der Waals surface area contributed by atoms with Gasteiger partial charge in [-0.2, -0.15) is 13.2 Å². The van der Waals surface area contributed by atoms with E-state index in [0.29, 0.717) is 53.2 Å². The first kappa shape index (κ1) is 28.7. The Morgan fingerprint density at radius 1 is 1.00 bits per heavy atom. The highest BCUT2D eigenvalue weighted by molar-refractivity contribution is 6.18. The summed E-state index contributed by atoms with van der Waals surface area (Å²) in [6, 6.07) is 14.4. The van der Waals surface area contributed by atoms with Crippen LogP contribution in [-0.2, 0) is 15.7 Å². The largest absolute Gasteiger partial charge is 0.491 e. The molecule has 0 fully saturated rings. The summed E-state index contributed by atoms with van der Waals surface area (Å²) in [6.45, 7) is 4.19. The Kier molecular flexibility index (Phi) is 9.47. The Labute approximate surface area is 218 Å². The molecule has 0 aromatic heterocycles. The first-order valence-electron chi connectivity index (χ1n) is 11.9. The van der Waals surface area contributed by atoms with Crippen molar-refractivity contribution < 1.29 is 36.9 Å². The lowest BCUT2D eigenvalue weighted by Gasteiger charge is -2.14. The summed E-state index contributed by atoms with van der Waals surface area (Å²) in [5.74, 6) is -1.30. The molecule has 0 radical (unpaired) electrons. The number of alkyl halides is 3. The van der Waals surface area contributed by atoms with E-state index in [2.05, 4.69) is 0 Å². The monoisotopic (exact) mass is 528 g/mol. The van der Waals surface area contributed by atoms with Crippen molar-refractivity contribution in [3.05, 3.63) is 101 Å². The predicted octanol–water partition coefficient (Wildman–Crippen LogP) is 7.81. The molecular weight excluding hydrogens is 500 g/mol. The molecule has 0 saturated carbocycles. The van der Waals surface area contributed by atoms with Crippen molar-refractivity contribution in [1.82, 2.24) is 0 Å². The van der Waals surface area contributed by atoms with Gasteiger partial charge in [0.25, 0.3) is 0 Å². The Bertz CT molecular complexity index is 1340. The number of aryl methyl sites for hydroxylation is 1. The number of carboxylic acid groups (broad SMARTS) is 1. The topological polar surface area (TPSA) is 55.8 Å². The second-order valence-electron chi connectivity index (χ2n) is 8.52. The van der Waals surface area contributed by atoms with Crippen molar-refractivity contribution >= 4 is 17.1 Å². The molecule has 0 aliphatic heterocycles. The van der Waals surface area contributed by atoms with Gasteiger partial charge in [-0.05, 0) is 77.6 Å². The van der Waals surface area contributed by atoms with Crippen molar-refractivity contribution in [3.8, 4) is 16.9 Å². The normalized spacial score (nSPS) is 12.5. The number of benzene rings is 3. The molecule has 3 aromatic rings. The third-order valence-corrected chi connectivity index (χ3v) is 5.83. The number of carbonyl (C=O) groups is 1. The first-order chi connectivity index (χ1) is 18.0. The highest BCUT2D eigenvalue weighted by Gasteiger charge is 2.31. The molecule has 0 atom stereocenters. The SMILES string of the molecule is CC/C=C(/C=C(/C(=O)O)c1cc(C(F)(F)F)ccc1C)c1ccc(-c2ccc(OCCOC)cc2)c(F)c1. The Balaban J connectivity index is 1.99. The fourth-order valence-corrected chi connectivity index (χ4v) is 3.88. The van der Waals surface area contributed by atoms with Gasteiger partial charge in [0.05, 0.1) is 17.7 Å². The van der Waals surface area contributed by atoms with Crippen molar-refractivity contribution in [2.24, 2.45) is 0 Å². The van der Waals surface area contributed by atoms with Gasteiger partial charge in [-0.3, -0.25) is 0 Å². The van der Waals surface area contributed by atoms with Crippen LogP contribution in [0.4, 0.5) is 17.6 Å². The number of halogens is 4. The maximum absolute atomic E-state index is 15.2. The molecule has 200 valence electrons. The highest BCUT2D eigenvalue weighted by atomic mass is 19.4. The number of rotatable bonds is 10. The summed E-state index contributed by atoms with van der Waals surface area (Å²) in [6.07, 6.45) is -1.14. The second-order valence-corrected chi connectivity index (χ2v) is 8.52. The Morgan fingerprint density at radius 2 is 1.71 bits per heavy atom. The Morgan fingerprint density at radius 3 is 2.29 bits per heavy atom. The molecule has 0 saturated heterocycles. The Hall–Kier alpha value is -3.91. The zero-order valence-electron chi connectivity index (χ0n) is 21.2. The molecule has 0 unspecified atom stereocenters. The summed E-state index contributed by atoms with van der Waals surface area (Å²) >= 11 is 0. The van der Waals surface area contributed by atoms with Crippen LogP contribution >= 0.6 is 0 Å². The molecular formula is C30H28F4O4. The molecule has 0 heterocycles. The minimum Gasteiger partial charge on any atom is -0.491 e. The summed E-state index contributed by atoms with van der Waals surface area (Å²) in [7, 11) is 1.57. The zero-order valence-corrected chi connectivity index (χ0v) is 21.2. The van der Waals surface area contributed by atoms with E-state index >= 15 is 4.39 Å². The van der Waals surface area contributed by atoms with Crippen LogP contribution in [-0.4, -0.2) is 31.4 Å². The number of hydrogen-bond donors (Lipinski definition) is 1. The molecule has 0 aliphatic rings. The molecule has 3 rings (SSSR count). The van der Waals surface area contributed by atoms with Gasteiger partial charge < -0.3 is 14.6 Å². The van der Waals surface area contributed by atoms with Gasteiger partial charge in [-0.1, -0.05) is 43.3 Å². The third-order valence-electron chi connectivity index (χ3n) is 5.83. The van der Waals surface area contributed by atoms with Crippen LogP contribution in [0.1, 0.15) is 35.6 Å².